The summed E-state index contributed by atoms with van der Waals surface area (Å²) in [5, 5.41) is 3.15. The number of nitrogens with zero attached hydrogens (tertiary/aromatic N) is 3. The monoisotopic (exact) mass is 422 g/mol. The van der Waals surface area contributed by atoms with E-state index < -0.39 is 5.91 Å². The standard InChI is InChI=1S/C24H27FN4O2/c1-16-7-6-10-19-23(16)26-15-29(24(19)31)14-22(30)27-17-11-12-21(20(25)13-17)28(2)18-8-4-3-5-9-18/h6-7,10-13,15,18H,3-5,8-9,14H2,1-2H3,(H,27,30). The van der Waals surface area contributed by atoms with E-state index in [0.29, 0.717) is 28.3 Å². The molecule has 1 fully saturated rings. The minimum absolute atomic E-state index is 0.193. The van der Waals surface area contributed by atoms with Crippen LogP contribution in [0.3, 0.4) is 0 Å². The van der Waals surface area contributed by atoms with Gasteiger partial charge in [-0.15, -0.1) is 0 Å². The largest absolute Gasteiger partial charge is 0.369 e. The van der Waals surface area contributed by atoms with Crippen LogP contribution in [0.1, 0.15) is 37.7 Å². The van der Waals surface area contributed by atoms with E-state index in [2.05, 4.69) is 10.3 Å². The molecule has 1 aliphatic carbocycles. The van der Waals surface area contributed by atoms with E-state index in [1.807, 2.05) is 24.9 Å². The maximum Gasteiger partial charge on any atom is 0.261 e. The van der Waals surface area contributed by atoms with E-state index in [0.717, 1.165) is 18.4 Å². The number of hydrogen-bond acceptors (Lipinski definition) is 4. The van der Waals surface area contributed by atoms with Gasteiger partial charge in [0.1, 0.15) is 12.4 Å². The highest BCUT2D eigenvalue weighted by Gasteiger charge is 2.21. The number of carbonyl (C=O) groups excluding carboxylic acids is 1. The second-order valence-corrected chi connectivity index (χ2v) is 8.27. The van der Waals surface area contributed by atoms with Crippen LogP contribution in [-0.4, -0.2) is 28.5 Å². The highest BCUT2D eigenvalue weighted by atomic mass is 19.1. The third-order valence-corrected chi connectivity index (χ3v) is 6.10. The molecule has 3 aromatic rings. The number of halogens is 1. The van der Waals surface area contributed by atoms with Gasteiger partial charge in [0, 0.05) is 18.8 Å². The Hall–Kier alpha value is -3.22. The Morgan fingerprint density at radius 1 is 1.23 bits per heavy atom. The third kappa shape index (κ3) is 4.45. The molecule has 7 heteroatoms. The number of fused-ring (bicyclic) bond motifs is 1. The molecule has 1 heterocycles. The fraction of sp³-hybridized carbons (Fsp3) is 0.375. The van der Waals surface area contributed by atoms with Crippen LogP contribution in [0.2, 0.25) is 0 Å². The quantitative estimate of drug-likeness (QED) is 0.668. The molecule has 6 nitrogen and oxygen atoms in total. The summed E-state index contributed by atoms with van der Waals surface area (Å²) in [6, 6.07) is 10.4. The van der Waals surface area contributed by atoms with Crippen molar-refractivity contribution in [3.8, 4) is 0 Å². The number of benzene rings is 2. The van der Waals surface area contributed by atoms with Crippen molar-refractivity contribution in [3.63, 3.8) is 0 Å². The number of para-hydroxylation sites is 1. The summed E-state index contributed by atoms with van der Waals surface area (Å²) in [7, 11) is 1.92. The summed E-state index contributed by atoms with van der Waals surface area (Å²) >= 11 is 0. The molecule has 1 N–H and O–H groups in total. The molecule has 0 unspecified atom stereocenters. The Kier molecular flexibility index (Phi) is 6.02. The van der Waals surface area contributed by atoms with Gasteiger partial charge in [-0.2, -0.15) is 0 Å². The van der Waals surface area contributed by atoms with Crippen molar-refractivity contribution >= 4 is 28.2 Å². The van der Waals surface area contributed by atoms with Crippen LogP contribution in [0, 0.1) is 12.7 Å². The van der Waals surface area contributed by atoms with Crippen LogP contribution >= 0.6 is 0 Å². The third-order valence-electron chi connectivity index (χ3n) is 6.10. The van der Waals surface area contributed by atoms with Gasteiger partial charge in [-0.05, 0) is 49.6 Å². The molecule has 1 aliphatic rings. The maximum absolute atomic E-state index is 14.8. The van der Waals surface area contributed by atoms with Crippen LogP contribution in [0.15, 0.2) is 47.5 Å². The predicted molar refractivity (Wildman–Crippen MR) is 121 cm³/mol. The van der Waals surface area contributed by atoms with Gasteiger partial charge in [-0.25, -0.2) is 9.37 Å². The van der Waals surface area contributed by atoms with E-state index in [4.69, 9.17) is 0 Å². The summed E-state index contributed by atoms with van der Waals surface area (Å²) in [6.07, 6.45) is 7.11. The van der Waals surface area contributed by atoms with Crippen LogP contribution in [0.25, 0.3) is 10.9 Å². The van der Waals surface area contributed by atoms with Gasteiger partial charge >= 0.3 is 0 Å². The van der Waals surface area contributed by atoms with Gasteiger partial charge in [0.05, 0.1) is 22.9 Å². The van der Waals surface area contributed by atoms with E-state index in [9.17, 15) is 14.0 Å². The average molecular weight is 423 g/mol. The number of aryl methyl sites for hydroxylation is 1. The van der Waals surface area contributed by atoms with Crippen LogP contribution < -0.4 is 15.8 Å². The normalized spacial score (nSPS) is 14.5. The number of nitrogens with one attached hydrogen (secondary N) is 1. The van der Waals surface area contributed by atoms with Crippen molar-refractivity contribution in [2.45, 2.75) is 51.6 Å². The highest BCUT2D eigenvalue weighted by Crippen LogP contribution is 2.29. The van der Waals surface area contributed by atoms with Crippen LogP contribution in [0.4, 0.5) is 15.8 Å². The number of aromatic nitrogens is 2. The molecule has 0 bridgehead atoms. The lowest BCUT2D eigenvalue weighted by atomic mass is 9.94. The molecule has 0 saturated heterocycles. The molecular weight excluding hydrogens is 395 g/mol. The van der Waals surface area contributed by atoms with E-state index in [1.54, 1.807) is 24.3 Å². The van der Waals surface area contributed by atoms with Gasteiger partial charge in [0.15, 0.2) is 0 Å². The zero-order chi connectivity index (χ0) is 22.0. The predicted octanol–water partition coefficient (Wildman–Crippen LogP) is 4.25. The fourth-order valence-corrected chi connectivity index (χ4v) is 4.34. The first-order valence-electron chi connectivity index (χ1n) is 10.7. The molecule has 31 heavy (non-hydrogen) atoms. The zero-order valence-electron chi connectivity index (χ0n) is 17.9. The minimum atomic E-state index is -0.413. The van der Waals surface area contributed by atoms with Crippen molar-refractivity contribution in [2.24, 2.45) is 0 Å². The van der Waals surface area contributed by atoms with E-state index >= 15 is 0 Å². The summed E-state index contributed by atoms with van der Waals surface area (Å²) < 4.78 is 16.0. The lowest BCUT2D eigenvalue weighted by molar-refractivity contribution is -0.116. The van der Waals surface area contributed by atoms with Crippen molar-refractivity contribution in [1.29, 1.82) is 0 Å². The molecule has 0 atom stereocenters. The SMILES string of the molecule is Cc1cccc2c(=O)n(CC(=O)Nc3ccc(N(C)C4CCCCC4)c(F)c3)cnc12. The average Bonchev–Trinajstić information content (AvgIpc) is 2.76. The molecule has 162 valence electrons. The molecule has 0 aliphatic heterocycles. The lowest BCUT2D eigenvalue weighted by Crippen LogP contribution is -2.33. The number of amides is 1. The molecule has 1 saturated carbocycles. The topological polar surface area (TPSA) is 67.2 Å². The van der Waals surface area contributed by atoms with Gasteiger partial charge in [0.25, 0.3) is 5.56 Å². The Bertz CT molecular complexity index is 1170. The summed E-state index contributed by atoms with van der Waals surface area (Å²) in [6.45, 7) is 1.69. The number of rotatable bonds is 5. The number of anilines is 2. The van der Waals surface area contributed by atoms with Crippen molar-refractivity contribution in [3.05, 3.63) is 64.5 Å². The summed E-state index contributed by atoms with van der Waals surface area (Å²) in [4.78, 5) is 31.5. The number of carbonyl (C=O) groups is 1. The molecule has 4 rings (SSSR count). The molecule has 2 aromatic carbocycles. The van der Waals surface area contributed by atoms with E-state index in [1.165, 1.54) is 36.2 Å². The zero-order valence-corrected chi connectivity index (χ0v) is 17.9. The van der Waals surface area contributed by atoms with Crippen molar-refractivity contribution in [2.75, 3.05) is 17.3 Å². The first-order valence-corrected chi connectivity index (χ1v) is 10.7. The molecule has 0 radical (unpaired) electrons. The van der Waals surface area contributed by atoms with Gasteiger partial charge in [0.2, 0.25) is 5.91 Å². The Labute approximate surface area is 180 Å². The molecule has 1 aromatic heterocycles. The first kappa shape index (κ1) is 21.0. The van der Waals surface area contributed by atoms with Crippen molar-refractivity contribution < 1.29 is 9.18 Å². The van der Waals surface area contributed by atoms with Crippen LogP contribution in [-0.2, 0) is 11.3 Å². The second kappa shape index (κ2) is 8.88. The second-order valence-electron chi connectivity index (χ2n) is 8.27. The smallest absolute Gasteiger partial charge is 0.261 e. The van der Waals surface area contributed by atoms with E-state index in [-0.39, 0.29) is 17.9 Å². The number of hydrogen-bond donors (Lipinski definition) is 1. The molecule has 0 spiro atoms. The van der Waals surface area contributed by atoms with Gasteiger partial charge in [-0.1, -0.05) is 31.4 Å². The minimum Gasteiger partial charge on any atom is -0.369 e. The maximum atomic E-state index is 14.8. The fourth-order valence-electron chi connectivity index (χ4n) is 4.34. The Morgan fingerprint density at radius 2 is 2.00 bits per heavy atom. The van der Waals surface area contributed by atoms with Crippen molar-refractivity contribution in [1.82, 2.24) is 9.55 Å². The molecular formula is C24H27FN4O2. The van der Waals surface area contributed by atoms with Gasteiger partial charge in [-0.3, -0.25) is 14.2 Å². The highest BCUT2D eigenvalue weighted by molar-refractivity contribution is 5.91. The Morgan fingerprint density at radius 3 is 2.74 bits per heavy atom. The molecule has 1 amide bonds. The first-order chi connectivity index (χ1) is 14.9. The Balaban J connectivity index is 1.46. The summed E-state index contributed by atoms with van der Waals surface area (Å²) in [5.74, 6) is -0.783. The van der Waals surface area contributed by atoms with Crippen LogP contribution in [0.5, 0.6) is 0 Å². The van der Waals surface area contributed by atoms with Gasteiger partial charge < -0.3 is 10.2 Å². The summed E-state index contributed by atoms with van der Waals surface area (Å²) in [5.41, 5.74) is 2.15. The lowest BCUT2D eigenvalue weighted by Gasteiger charge is -2.33.